The number of rotatable bonds is 3. The number of nitrogens with two attached hydrogens (primary N) is 1. The first-order chi connectivity index (χ1) is 9.33. The van der Waals surface area contributed by atoms with Crippen LogP contribution >= 0.6 is 0 Å². The van der Waals surface area contributed by atoms with Crippen LogP contribution < -0.4 is 10.5 Å². The Kier molecular flexibility index (Phi) is 2.97. The number of hydrogen-bond donors (Lipinski definition) is 2. The molecule has 0 radical (unpaired) electrons. The summed E-state index contributed by atoms with van der Waals surface area (Å²) in [5.74, 6) is 0.854. The Bertz CT molecular complexity index is 701. The third kappa shape index (κ3) is 1.98. The molecule has 3 aromatic rings. The van der Waals surface area contributed by atoms with Gasteiger partial charge < -0.3 is 15.5 Å². The van der Waals surface area contributed by atoms with E-state index in [1.807, 2.05) is 36.4 Å². The summed E-state index contributed by atoms with van der Waals surface area (Å²) in [6.45, 7) is 0.487. The van der Waals surface area contributed by atoms with Crippen molar-refractivity contribution >= 4 is 10.9 Å². The SMILES string of the molecule is COc1ccc2[nH]c(CN)c(-c3ccccc3)c2c1. The van der Waals surface area contributed by atoms with Crippen LogP contribution in [0.2, 0.25) is 0 Å². The third-order valence-corrected chi connectivity index (χ3v) is 3.35. The van der Waals surface area contributed by atoms with Crippen molar-refractivity contribution in [2.24, 2.45) is 5.73 Å². The quantitative estimate of drug-likeness (QED) is 0.751. The van der Waals surface area contributed by atoms with E-state index in [0.29, 0.717) is 6.54 Å². The molecule has 1 aromatic heterocycles. The molecule has 0 aliphatic rings. The maximum Gasteiger partial charge on any atom is 0.119 e. The molecule has 0 aliphatic carbocycles. The molecule has 0 atom stereocenters. The Morgan fingerprint density at radius 2 is 1.89 bits per heavy atom. The summed E-state index contributed by atoms with van der Waals surface area (Å²) in [6, 6.07) is 16.3. The molecule has 0 aliphatic heterocycles. The van der Waals surface area contributed by atoms with Gasteiger partial charge in [-0.15, -0.1) is 0 Å². The molecule has 0 saturated carbocycles. The van der Waals surface area contributed by atoms with Gasteiger partial charge in [0.25, 0.3) is 0 Å². The van der Waals surface area contributed by atoms with Crippen LogP contribution in [0.1, 0.15) is 5.69 Å². The number of H-pyrrole nitrogens is 1. The number of methoxy groups -OCH3 is 1. The minimum absolute atomic E-state index is 0.487. The Labute approximate surface area is 112 Å². The van der Waals surface area contributed by atoms with E-state index >= 15 is 0 Å². The summed E-state index contributed by atoms with van der Waals surface area (Å²) < 4.78 is 5.31. The first-order valence-electron chi connectivity index (χ1n) is 6.27. The van der Waals surface area contributed by atoms with Crippen molar-refractivity contribution in [2.75, 3.05) is 7.11 Å². The van der Waals surface area contributed by atoms with E-state index in [9.17, 15) is 0 Å². The molecule has 3 rings (SSSR count). The molecule has 0 fully saturated rings. The van der Waals surface area contributed by atoms with Gasteiger partial charge >= 0.3 is 0 Å². The van der Waals surface area contributed by atoms with Crippen molar-refractivity contribution in [3.63, 3.8) is 0 Å². The fourth-order valence-corrected chi connectivity index (χ4v) is 2.44. The molecule has 0 amide bonds. The van der Waals surface area contributed by atoms with Gasteiger partial charge in [-0.3, -0.25) is 0 Å². The predicted molar refractivity (Wildman–Crippen MR) is 78.2 cm³/mol. The molecule has 3 nitrogen and oxygen atoms in total. The smallest absolute Gasteiger partial charge is 0.119 e. The lowest BCUT2D eigenvalue weighted by Gasteiger charge is -2.04. The van der Waals surface area contributed by atoms with Gasteiger partial charge in [-0.25, -0.2) is 0 Å². The van der Waals surface area contributed by atoms with Crippen LogP contribution in [0.5, 0.6) is 5.75 Å². The van der Waals surface area contributed by atoms with Crippen molar-refractivity contribution in [3.8, 4) is 16.9 Å². The molecular formula is C16H16N2O. The molecule has 0 spiro atoms. The van der Waals surface area contributed by atoms with E-state index in [-0.39, 0.29) is 0 Å². The van der Waals surface area contributed by atoms with Gasteiger partial charge in [0, 0.05) is 28.7 Å². The zero-order valence-electron chi connectivity index (χ0n) is 10.8. The maximum absolute atomic E-state index is 5.86. The molecule has 0 bridgehead atoms. The Hall–Kier alpha value is -2.26. The largest absolute Gasteiger partial charge is 0.497 e. The summed E-state index contributed by atoms with van der Waals surface area (Å²) in [4.78, 5) is 3.38. The number of aromatic amines is 1. The van der Waals surface area contributed by atoms with Crippen molar-refractivity contribution < 1.29 is 4.74 Å². The summed E-state index contributed by atoms with van der Waals surface area (Å²) in [7, 11) is 1.68. The minimum Gasteiger partial charge on any atom is -0.497 e. The molecule has 0 unspecified atom stereocenters. The Morgan fingerprint density at radius 1 is 1.11 bits per heavy atom. The number of fused-ring (bicyclic) bond motifs is 1. The summed E-state index contributed by atoms with van der Waals surface area (Å²) >= 11 is 0. The monoisotopic (exact) mass is 252 g/mol. The van der Waals surface area contributed by atoms with Crippen LogP contribution in [0.3, 0.4) is 0 Å². The highest BCUT2D eigenvalue weighted by atomic mass is 16.5. The van der Waals surface area contributed by atoms with Gasteiger partial charge in [0.2, 0.25) is 0 Å². The Balaban J connectivity index is 2.31. The first kappa shape index (κ1) is 11.8. The lowest BCUT2D eigenvalue weighted by molar-refractivity contribution is 0.415. The standard InChI is InChI=1S/C16H16N2O/c1-19-12-7-8-14-13(9-12)16(15(10-17)18-14)11-5-3-2-4-6-11/h2-9,18H,10,17H2,1H3. The van der Waals surface area contributed by atoms with Crippen LogP contribution in [0, 0.1) is 0 Å². The van der Waals surface area contributed by atoms with Gasteiger partial charge in [-0.05, 0) is 23.8 Å². The number of benzene rings is 2. The van der Waals surface area contributed by atoms with E-state index in [0.717, 1.165) is 27.9 Å². The number of ether oxygens (including phenoxy) is 1. The lowest BCUT2D eigenvalue weighted by atomic mass is 10.0. The third-order valence-electron chi connectivity index (χ3n) is 3.35. The number of nitrogens with one attached hydrogen (secondary N) is 1. The normalized spacial score (nSPS) is 10.8. The van der Waals surface area contributed by atoms with Crippen LogP contribution in [-0.2, 0) is 6.54 Å². The predicted octanol–water partition coefficient (Wildman–Crippen LogP) is 3.30. The van der Waals surface area contributed by atoms with Crippen molar-refractivity contribution in [3.05, 3.63) is 54.2 Å². The highest BCUT2D eigenvalue weighted by Crippen LogP contribution is 2.34. The van der Waals surface area contributed by atoms with Crippen molar-refractivity contribution in [1.29, 1.82) is 0 Å². The molecule has 3 N–H and O–H groups in total. The van der Waals surface area contributed by atoms with Crippen LogP contribution in [0.25, 0.3) is 22.0 Å². The van der Waals surface area contributed by atoms with E-state index in [1.54, 1.807) is 7.11 Å². The van der Waals surface area contributed by atoms with Crippen LogP contribution in [0.4, 0.5) is 0 Å². The number of aromatic nitrogens is 1. The lowest BCUT2D eigenvalue weighted by Crippen LogP contribution is -1.98. The van der Waals surface area contributed by atoms with Gasteiger partial charge in [0.05, 0.1) is 7.11 Å². The van der Waals surface area contributed by atoms with Crippen molar-refractivity contribution in [2.45, 2.75) is 6.54 Å². The maximum atomic E-state index is 5.86. The second-order valence-corrected chi connectivity index (χ2v) is 4.46. The van der Waals surface area contributed by atoms with Gasteiger partial charge in [-0.1, -0.05) is 30.3 Å². The van der Waals surface area contributed by atoms with Crippen LogP contribution in [-0.4, -0.2) is 12.1 Å². The second kappa shape index (κ2) is 4.78. The molecule has 3 heteroatoms. The molecular weight excluding hydrogens is 236 g/mol. The fraction of sp³-hybridized carbons (Fsp3) is 0.125. The minimum atomic E-state index is 0.487. The molecule has 0 saturated heterocycles. The van der Waals surface area contributed by atoms with E-state index < -0.39 is 0 Å². The number of hydrogen-bond acceptors (Lipinski definition) is 2. The topological polar surface area (TPSA) is 51.0 Å². The van der Waals surface area contributed by atoms with Gasteiger partial charge in [0.15, 0.2) is 0 Å². The van der Waals surface area contributed by atoms with E-state index in [2.05, 4.69) is 17.1 Å². The van der Waals surface area contributed by atoms with Gasteiger partial charge in [-0.2, -0.15) is 0 Å². The van der Waals surface area contributed by atoms with E-state index in [1.165, 1.54) is 5.56 Å². The average molecular weight is 252 g/mol. The first-order valence-corrected chi connectivity index (χ1v) is 6.27. The summed E-state index contributed by atoms with van der Waals surface area (Å²) in [6.07, 6.45) is 0. The zero-order valence-corrected chi connectivity index (χ0v) is 10.8. The fourth-order valence-electron chi connectivity index (χ4n) is 2.44. The average Bonchev–Trinajstić information content (AvgIpc) is 2.85. The molecule has 1 heterocycles. The highest BCUT2D eigenvalue weighted by Gasteiger charge is 2.12. The van der Waals surface area contributed by atoms with Crippen LogP contribution in [0.15, 0.2) is 48.5 Å². The zero-order chi connectivity index (χ0) is 13.2. The Morgan fingerprint density at radius 3 is 2.58 bits per heavy atom. The molecule has 19 heavy (non-hydrogen) atoms. The summed E-state index contributed by atoms with van der Waals surface area (Å²) in [5.41, 5.74) is 10.3. The van der Waals surface area contributed by atoms with Crippen molar-refractivity contribution in [1.82, 2.24) is 4.98 Å². The molecule has 2 aromatic carbocycles. The second-order valence-electron chi connectivity index (χ2n) is 4.46. The summed E-state index contributed by atoms with van der Waals surface area (Å²) in [5, 5.41) is 1.14. The highest BCUT2D eigenvalue weighted by molar-refractivity contribution is 5.98. The van der Waals surface area contributed by atoms with Gasteiger partial charge in [0.1, 0.15) is 5.75 Å². The van der Waals surface area contributed by atoms with E-state index in [4.69, 9.17) is 10.5 Å². The molecule has 96 valence electrons.